The molecule has 0 radical (unpaired) electrons. The van der Waals surface area contributed by atoms with E-state index in [2.05, 4.69) is 82.8 Å². The van der Waals surface area contributed by atoms with Crippen LogP contribution in [0.25, 0.3) is 0 Å². The van der Waals surface area contributed by atoms with E-state index >= 15 is 0 Å². The average Bonchev–Trinajstić information content (AvgIpc) is 2.65. The summed E-state index contributed by atoms with van der Waals surface area (Å²) >= 11 is 1.70. The zero-order valence-electron chi connectivity index (χ0n) is 18.9. The number of nitrogens with zero attached hydrogens (tertiary/aromatic N) is 1. The van der Waals surface area contributed by atoms with Gasteiger partial charge in [0.05, 0.1) is 11.6 Å². The van der Waals surface area contributed by atoms with Crippen molar-refractivity contribution in [2.24, 2.45) is 15.8 Å². The standard InChI is InChI=1S/C26H39NS/c1-20-12-14-22(15-13-21(2)24-27-17-10-18-28-24)19-23(20)11-8-9-16-26(6,7)25(3,4)5/h10,12,14,18-19H,2,8-9,11,13,15-17H2,1,3-7H3. The maximum Gasteiger partial charge on any atom is 0.0976 e. The molecule has 0 N–H and O–H groups in total. The summed E-state index contributed by atoms with van der Waals surface area (Å²) in [6.45, 7) is 19.2. The molecule has 1 heterocycles. The Bertz CT molecular complexity index is 731. The minimum Gasteiger partial charge on any atom is -0.274 e. The van der Waals surface area contributed by atoms with Crippen molar-refractivity contribution in [3.05, 3.63) is 58.5 Å². The van der Waals surface area contributed by atoms with Crippen LogP contribution in [-0.4, -0.2) is 11.6 Å². The molecule has 2 heteroatoms. The lowest BCUT2D eigenvalue weighted by Gasteiger charge is -2.39. The highest BCUT2D eigenvalue weighted by atomic mass is 32.2. The van der Waals surface area contributed by atoms with Crippen LogP contribution in [0.1, 0.15) is 77.0 Å². The third-order valence-electron chi connectivity index (χ3n) is 6.58. The van der Waals surface area contributed by atoms with Gasteiger partial charge >= 0.3 is 0 Å². The highest BCUT2D eigenvalue weighted by Crippen LogP contribution is 2.41. The highest BCUT2D eigenvalue weighted by Gasteiger charge is 2.31. The van der Waals surface area contributed by atoms with Crippen LogP contribution in [0.3, 0.4) is 0 Å². The number of rotatable bonds is 9. The highest BCUT2D eigenvalue weighted by molar-refractivity contribution is 8.16. The molecule has 0 unspecified atom stereocenters. The molecule has 1 aromatic rings. The van der Waals surface area contributed by atoms with Gasteiger partial charge in [0, 0.05) is 0 Å². The van der Waals surface area contributed by atoms with Crippen LogP contribution in [-0.2, 0) is 12.8 Å². The molecule has 28 heavy (non-hydrogen) atoms. The van der Waals surface area contributed by atoms with Crippen LogP contribution in [0.15, 0.2) is 46.8 Å². The fourth-order valence-corrected chi connectivity index (χ4v) is 4.06. The van der Waals surface area contributed by atoms with Gasteiger partial charge in [0.1, 0.15) is 0 Å². The predicted molar refractivity (Wildman–Crippen MR) is 128 cm³/mol. The number of hydrogen-bond donors (Lipinski definition) is 0. The lowest BCUT2D eigenvalue weighted by molar-refractivity contribution is 0.116. The lowest BCUT2D eigenvalue weighted by Crippen LogP contribution is -2.29. The molecule has 0 aliphatic carbocycles. The molecule has 2 rings (SSSR count). The molecule has 0 bridgehead atoms. The zero-order valence-corrected chi connectivity index (χ0v) is 19.7. The van der Waals surface area contributed by atoms with E-state index in [0.717, 1.165) is 24.4 Å². The third kappa shape index (κ3) is 6.65. The minimum atomic E-state index is 0.363. The van der Waals surface area contributed by atoms with Gasteiger partial charge in [-0.2, -0.15) is 0 Å². The van der Waals surface area contributed by atoms with Crippen LogP contribution in [0.4, 0.5) is 0 Å². The van der Waals surface area contributed by atoms with Crippen molar-refractivity contribution in [2.75, 3.05) is 6.54 Å². The van der Waals surface area contributed by atoms with E-state index in [1.807, 2.05) is 0 Å². The van der Waals surface area contributed by atoms with Gasteiger partial charge in [0.2, 0.25) is 0 Å². The Kier molecular flexibility index (Phi) is 8.18. The van der Waals surface area contributed by atoms with Crippen molar-refractivity contribution in [2.45, 2.75) is 80.1 Å². The van der Waals surface area contributed by atoms with Gasteiger partial charge in [0.15, 0.2) is 0 Å². The van der Waals surface area contributed by atoms with Crippen molar-refractivity contribution in [1.82, 2.24) is 0 Å². The van der Waals surface area contributed by atoms with Gasteiger partial charge in [-0.1, -0.05) is 83.7 Å². The Morgan fingerprint density at radius 2 is 1.86 bits per heavy atom. The molecule has 1 aliphatic heterocycles. The van der Waals surface area contributed by atoms with Gasteiger partial charge in [-0.05, 0) is 77.5 Å². The van der Waals surface area contributed by atoms with Gasteiger partial charge < -0.3 is 0 Å². The molecule has 1 aliphatic rings. The first-order valence-corrected chi connectivity index (χ1v) is 11.6. The van der Waals surface area contributed by atoms with Crippen LogP contribution in [0.2, 0.25) is 0 Å². The van der Waals surface area contributed by atoms with Gasteiger partial charge in [-0.3, -0.25) is 4.99 Å². The molecule has 0 spiro atoms. The first kappa shape index (κ1) is 23.0. The van der Waals surface area contributed by atoms with Crippen molar-refractivity contribution in [1.29, 1.82) is 0 Å². The van der Waals surface area contributed by atoms with Crippen LogP contribution >= 0.6 is 11.8 Å². The van der Waals surface area contributed by atoms with E-state index in [0.29, 0.717) is 10.8 Å². The number of aliphatic imine (C=N–C) groups is 1. The Hall–Kier alpha value is -1.28. The van der Waals surface area contributed by atoms with Crippen molar-refractivity contribution < 1.29 is 0 Å². The van der Waals surface area contributed by atoms with Crippen LogP contribution in [0, 0.1) is 17.8 Å². The Balaban J connectivity index is 1.85. The third-order valence-corrected chi connectivity index (χ3v) is 7.55. The summed E-state index contributed by atoms with van der Waals surface area (Å²) in [5, 5.41) is 3.23. The van der Waals surface area contributed by atoms with Crippen molar-refractivity contribution in [3.63, 3.8) is 0 Å². The topological polar surface area (TPSA) is 12.4 Å². The van der Waals surface area contributed by atoms with Gasteiger partial charge in [0.25, 0.3) is 0 Å². The second-order valence-electron chi connectivity index (χ2n) is 9.84. The smallest absolute Gasteiger partial charge is 0.0976 e. The molecule has 1 aromatic carbocycles. The average molecular weight is 398 g/mol. The molecule has 0 amide bonds. The summed E-state index contributed by atoms with van der Waals surface area (Å²) in [4.78, 5) is 4.55. The van der Waals surface area contributed by atoms with E-state index in [-0.39, 0.29) is 0 Å². The first-order chi connectivity index (χ1) is 13.1. The molecular weight excluding hydrogens is 358 g/mol. The van der Waals surface area contributed by atoms with E-state index in [9.17, 15) is 0 Å². The molecular formula is C26H39NS. The van der Waals surface area contributed by atoms with Crippen molar-refractivity contribution >= 4 is 16.8 Å². The summed E-state index contributed by atoms with van der Waals surface area (Å²) in [5.41, 5.74) is 6.29. The molecule has 0 saturated carbocycles. The fraction of sp³-hybridized carbons (Fsp3) is 0.577. The number of benzene rings is 1. The second kappa shape index (κ2) is 9.96. The molecule has 0 fully saturated rings. The van der Waals surface area contributed by atoms with Gasteiger partial charge in [-0.15, -0.1) is 0 Å². The fourth-order valence-electron chi connectivity index (χ4n) is 3.33. The summed E-state index contributed by atoms with van der Waals surface area (Å²) in [5.74, 6) is 0. The van der Waals surface area contributed by atoms with Crippen LogP contribution in [0.5, 0.6) is 0 Å². The van der Waals surface area contributed by atoms with E-state index in [1.54, 1.807) is 11.8 Å². The predicted octanol–water partition coefficient (Wildman–Crippen LogP) is 7.93. The molecule has 154 valence electrons. The number of hydrogen-bond acceptors (Lipinski definition) is 2. The summed E-state index contributed by atoms with van der Waals surface area (Å²) in [6.07, 6.45) is 9.19. The Morgan fingerprint density at radius 1 is 1.11 bits per heavy atom. The normalized spacial score (nSPS) is 14.9. The van der Waals surface area contributed by atoms with E-state index in [4.69, 9.17) is 0 Å². The largest absolute Gasteiger partial charge is 0.274 e. The first-order valence-electron chi connectivity index (χ1n) is 10.7. The quantitative estimate of drug-likeness (QED) is 0.385. The molecule has 0 aromatic heterocycles. The number of thioether (sulfide) groups is 1. The van der Waals surface area contributed by atoms with E-state index in [1.165, 1.54) is 47.9 Å². The van der Waals surface area contributed by atoms with E-state index < -0.39 is 0 Å². The molecule has 1 nitrogen and oxygen atoms in total. The Morgan fingerprint density at radius 3 is 2.50 bits per heavy atom. The van der Waals surface area contributed by atoms with Gasteiger partial charge in [-0.25, -0.2) is 0 Å². The summed E-state index contributed by atoms with van der Waals surface area (Å²) < 4.78 is 0. The summed E-state index contributed by atoms with van der Waals surface area (Å²) in [6, 6.07) is 7.00. The lowest BCUT2D eigenvalue weighted by atomic mass is 9.66. The number of unbranched alkanes of at least 4 members (excludes halogenated alkanes) is 1. The molecule has 0 saturated heterocycles. The van der Waals surface area contributed by atoms with Crippen molar-refractivity contribution in [3.8, 4) is 0 Å². The maximum atomic E-state index is 4.55. The Labute approximate surface area is 177 Å². The maximum absolute atomic E-state index is 4.55. The SMILES string of the molecule is C=C(CCc1ccc(C)c(CCCCC(C)(C)C(C)(C)C)c1)C1=NCC=CS1. The summed E-state index contributed by atoms with van der Waals surface area (Å²) in [7, 11) is 0. The minimum absolute atomic E-state index is 0.363. The number of aryl methyl sites for hydroxylation is 3. The zero-order chi connectivity index (χ0) is 20.8. The van der Waals surface area contributed by atoms with Crippen LogP contribution < -0.4 is 0 Å². The molecule has 0 atom stereocenters. The monoisotopic (exact) mass is 397 g/mol. The second-order valence-corrected chi connectivity index (χ2v) is 10.7.